The maximum Gasteiger partial charge on any atom is 0.264 e. The number of nitrogens with zero attached hydrogens (tertiary/aromatic N) is 2. The average Bonchev–Trinajstić information content (AvgIpc) is 3.05. The summed E-state index contributed by atoms with van der Waals surface area (Å²) in [6.45, 7) is 5.30. The van der Waals surface area contributed by atoms with Crippen LogP contribution in [0.3, 0.4) is 0 Å². The van der Waals surface area contributed by atoms with Crippen LogP contribution in [0.25, 0.3) is 0 Å². The number of hydrogen-bond donors (Lipinski definition) is 1. The highest BCUT2D eigenvalue weighted by Gasteiger charge is 2.36. The Hall–Kier alpha value is -4.34. The summed E-state index contributed by atoms with van der Waals surface area (Å²) in [5.41, 5.74) is 2.76. The van der Waals surface area contributed by atoms with Gasteiger partial charge in [0.2, 0.25) is 11.8 Å². The fourth-order valence-corrected chi connectivity index (χ4v) is 6.70. The van der Waals surface area contributed by atoms with E-state index in [2.05, 4.69) is 5.32 Å². The van der Waals surface area contributed by atoms with E-state index in [1.54, 1.807) is 30.3 Å². The van der Waals surface area contributed by atoms with Crippen molar-refractivity contribution >= 4 is 39.1 Å². The van der Waals surface area contributed by atoms with E-state index >= 15 is 0 Å². The van der Waals surface area contributed by atoms with E-state index < -0.39 is 28.5 Å². The molecule has 2 atom stereocenters. The molecule has 0 saturated carbocycles. The lowest BCUT2D eigenvalue weighted by Crippen LogP contribution is -2.54. The Morgan fingerprint density at radius 2 is 1.54 bits per heavy atom. The minimum atomic E-state index is -4.29. The predicted octanol–water partition coefficient (Wildman–Crippen LogP) is 6.41. The molecule has 4 rings (SSSR count). The highest BCUT2D eigenvalue weighted by Crippen LogP contribution is 2.35. The number of rotatable bonds is 14. The molecule has 0 spiro atoms. The third-order valence-electron chi connectivity index (χ3n) is 7.73. The summed E-state index contributed by atoms with van der Waals surface area (Å²) in [7, 11) is -2.88. The van der Waals surface area contributed by atoms with Crippen molar-refractivity contribution in [3.8, 4) is 5.75 Å². The molecule has 0 aliphatic rings. The van der Waals surface area contributed by atoms with Crippen molar-refractivity contribution in [2.75, 3.05) is 18.0 Å². The molecule has 2 amide bonds. The molecule has 0 aliphatic heterocycles. The van der Waals surface area contributed by atoms with Crippen LogP contribution in [0.15, 0.2) is 108 Å². The van der Waals surface area contributed by atoms with Gasteiger partial charge in [0.15, 0.2) is 0 Å². The van der Waals surface area contributed by atoms with Crippen LogP contribution in [0.2, 0.25) is 5.02 Å². The minimum Gasteiger partial charge on any atom is -0.495 e. The first-order valence-electron chi connectivity index (χ1n) is 15.1. The van der Waals surface area contributed by atoms with Gasteiger partial charge in [0.1, 0.15) is 18.3 Å². The van der Waals surface area contributed by atoms with Crippen molar-refractivity contribution in [3.05, 3.63) is 125 Å². The van der Waals surface area contributed by atoms with Gasteiger partial charge in [0.25, 0.3) is 10.0 Å². The van der Waals surface area contributed by atoms with E-state index in [1.807, 2.05) is 75.4 Å². The van der Waals surface area contributed by atoms with Crippen molar-refractivity contribution < 1.29 is 22.7 Å². The maximum absolute atomic E-state index is 14.6. The molecular weight excluding hydrogens is 622 g/mol. The Morgan fingerprint density at radius 3 is 2.17 bits per heavy atom. The average molecular weight is 662 g/mol. The number of benzene rings is 4. The van der Waals surface area contributed by atoms with Crippen molar-refractivity contribution in [3.63, 3.8) is 0 Å². The molecule has 0 aromatic heterocycles. The van der Waals surface area contributed by atoms with E-state index in [9.17, 15) is 18.0 Å². The topological polar surface area (TPSA) is 96.0 Å². The standard InChI is InChI=1S/C36H40ClN3O5S/c1-5-27(3)38-36(42)33(22-28-14-8-6-9-15-28)39(24-29-16-12-13-26(2)21-29)35(41)25-40(32-23-30(37)19-20-34(32)45-4)46(43,44)31-17-10-7-11-18-31/h6-21,23,27,33H,5,22,24-25H2,1-4H3,(H,38,42)/t27-,33-/m1/s1. The van der Waals surface area contributed by atoms with Gasteiger partial charge >= 0.3 is 0 Å². The van der Waals surface area contributed by atoms with Crippen LogP contribution in [-0.4, -0.2) is 50.9 Å². The number of amides is 2. The Labute approximate surface area is 277 Å². The van der Waals surface area contributed by atoms with Crippen LogP contribution in [0.5, 0.6) is 5.75 Å². The smallest absolute Gasteiger partial charge is 0.264 e. The van der Waals surface area contributed by atoms with Crippen LogP contribution in [-0.2, 0) is 32.6 Å². The Kier molecular flexibility index (Phi) is 11.8. The van der Waals surface area contributed by atoms with Gasteiger partial charge in [-0.2, -0.15) is 0 Å². The van der Waals surface area contributed by atoms with Crippen LogP contribution in [0.1, 0.15) is 37.0 Å². The third-order valence-corrected chi connectivity index (χ3v) is 9.74. The van der Waals surface area contributed by atoms with Gasteiger partial charge in [-0.1, -0.05) is 96.9 Å². The Morgan fingerprint density at radius 1 is 0.891 bits per heavy atom. The van der Waals surface area contributed by atoms with Gasteiger partial charge in [0.05, 0.1) is 17.7 Å². The van der Waals surface area contributed by atoms with E-state index in [0.717, 1.165) is 21.0 Å². The van der Waals surface area contributed by atoms with Crippen molar-refractivity contribution in [2.45, 2.75) is 57.1 Å². The van der Waals surface area contributed by atoms with Gasteiger partial charge in [-0.25, -0.2) is 8.42 Å². The van der Waals surface area contributed by atoms with Gasteiger partial charge in [0, 0.05) is 24.0 Å². The lowest BCUT2D eigenvalue weighted by atomic mass is 10.0. The predicted molar refractivity (Wildman–Crippen MR) is 183 cm³/mol. The Bertz CT molecular complexity index is 1740. The van der Waals surface area contributed by atoms with Crippen LogP contribution in [0.4, 0.5) is 5.69 Å². The number of carbonyl (C=O) groups is 2. The molecule has 8 nitrogen and oxygen atoms in total. The van der Waals surface area contributed by atoms with Gasteiger partial charge in [-0.3, -0.25) is 13.9 Å². The van der Waals surface area contributed by atoms with Gasteiger partial charge < -0.3 is 15.0 Å². The SMILES string of the molecule is CC[C@@H](C)NC(=O)[C@@H](Cc1ccccc1)N(Cc1cccc(C)c1)C(=O)CN(c1cc(Cl)ccc1OC)S(=O)(=O)c1ccccc1. The first-order valence-corrected chi connectivity index (χ1v) is 17.0. The molecule has 0 heterocycles. The van der Waals surface area contributed by atoms with E-state index in [1.165, 1.54) is 30.2 Å². The molecule has 10 heteroatoms. The molecule has 46 heavy (non-hydrogen) atoms. The molecule has 0 saturated heterocycles. The second-order valence-corrected chi connectivity index (χ2v) is 13.5. The van der Waals surface area contributed by atoms with Crippen LogP contribution >= 0.6 is 11.6 Å². The molecule has 0 unspecified atom stereocenters. The van der Waals surface area contributed by atoms with E-state index in [0.29, 0.717) is 6.42 Å². The number of anilines is 1. The zero-order chi connectivity index (χ0) is 33.3. The first kappa shape index (κ1) is 34.5. The third kappa shape index (κ3) is 8.68. The molecule has 242 valence electrons. The van der Waals surface area contributed by atoms with Crippen LogP contribution in [0, 0.1) is 6.92 Å². The fourth-order valence-electron chi connectivity index (χ4n) is 5.09. The lowest BCUT2D eigenvalue weighted by Gasteiger charge is -2.34. The number of carbonyl (C=O) groups excluding carboxylic acids is 2. The number of hydrogen-bond acceptors (Lipinski definition) is 5. The number of ether oxygens (including phenoxy) is 1. The van der Waals surface area contributed by atoms with Gasteiger partial charge in [-0.15, -0.1) is 0 Å². The highest BCUT2D eigenvalue weighted by molar-refractivity contribution is 7.92. The summed E-state index contributed by atoms with van der Waals surface area (Å²) in [6.07, 6.45) is 0.930. The second kappa shape index (κ2) is 15.8. The molecular formula is C36H40ClN3O5S. The summed E-state index contributed by atoms with van der Waals surface area (Å²) >= 11 is 6.35. The second-order valence-electron chi connectivity index (χ2n) is 11.2. The molecule has 0 fully saturated rings. The highest BCUT2D eigenvalue weighted by atomic mass is 35.5. The normalized spacial score (nSPS) is 12.5. The zero-order valence-corrected chi connectivity index (χ0v) is 28.1. The zero-order valence-electron chi connectivity index (χ0n) is 26.5. The Balaban J connectivity index is 1.85. The summed E-state index contributed by atoms with van der Waals surface area (Å²) < 4.78 is 35.0. The largest absolute Gasteiger partial charge is 0.495 e. The quantitative estimate of drug-likeness (QED) is 0.169. The molecule has 4 aromatic carbocycles. The first-order chi connectivity index (χ1) is 22.0. The number of methoxy groups -OCH3 is 1. The fraction of sp³-hybridized carbons (Fsp3) is 0.278. The maximum atomic E-state index is 14.6. The van der Waals surface area contributed by atoms with Crippen molar-refractivity contribution in [2.24, 2.45) is 0 Å². The van der Waals surface area contributed by atoms with E-state index in [4.69, 9.17) is 16.3 Å². The number of aryl methyl sites for hydroxylation is 1. The lowest BCUT2D eigenvalue weighted by molar-refractivity contribution is -0.140. The molecule has 0 radical (unpaired) electrons. The van der Waals surface area contributed by atoms with E-state index in [-0.39, 0.29) is 46.3 Å². The number of halogens is 1. The van der Waals surface area contributed by atoms with Gasteiger partial charge in [-0.05, 0) is 61.7 Å². The molecule has 0 bridgehead atoms. The van der Waals surface area contributed by atoms with Crippen LogP contribution < -0.4 is 14.4 Å². The summed E-state index contributed by atoms with van der Waals surface area (Å²) in [5.74, 6) is -0.669. The number of nitrogens with one attached hydrogen (secondary N) is 1. The monoisotopic (exact) mass is 661 g/mol. The minimum absolute atomic E-state index is 0.00888. The molecule has 4 aromatic rings. The van der Waals surface area contributed by atoms with Crippen molar-refractivity contribution in [1.82, 2.24) is 10.2 Å². The van der Waals surface area contributed by atoms with Crippen molar-refractivity contribution in [1.29, 1.82) is 0 Å². The molecule has 1 N–H and O–H groups in total. The number of sulfonamides is 1. The summed E-state index contributed by atoms with van der Waals surface area (Å²) in [5, 5.41) is 3.31. The summed E-state index contributed by atoms with van der Waals surface area (Å²) in [4.78, 5) is 30.1. The molecule has 0 aliphatic carbocycles. The summed E-state index contributed by atoms with van der Waals surface area (Å²) in [6, 6.07) is 28.5.